The molecule has 236 valence electrons. The first-order chi connectivity index (χ1) is 22.9. The normalized spacial score (nSPS) is 13.0. The van der Waals surface area contributed by atoms with Gasteiger partial charge in [0.05, 0.1) is 0 Å². The molecule has 0 radical (unpaired) electrons. The fourth-order valence-corrected chi connectivity index (χ4v) is 4.67. The highest BCUT2D eigenvalue weighted by atomic mass is 15.3. The SMILES string of the molecule is Cc1cc(Nc2cc(N3CC(N)C3)nc(/C=C/c3ccccc3)n2)n[nH]1.Cc1cc(Nc2ccnc(/C=C/c3ccccc3)n2)n[nH]1. The van der Waals surface area contributed by atoms with Gasteiger partial charge in [-0.25, -0.2) is 19.9 Å². The molecule has 1 fully saturated rings. The zero-order valence-electron chi connectivity index (χ0n) is 26.2. The average Bonchev–Trinajstić information content (AvgIpc) is 3.69. The molecule has 6 N–H and O–H groups in total. The summed E-state index contributed by atoms with van der Waals surface area (Å²) < 4.78 is 0. The standard InChI is InChI=1S/C19H21N7.C16H15N5/c1-13-9-18(25-24-13)22-17-10-19(26-11-15(20)12-26)23-16(21-17)8-7-14-5-3-2-4-6-14;1-12-11-16(21-20-12)19-15-9-10-17-14(18-15)8-7-13-5-3-2-4-6-13/h2-10,15H,11-12,20H2,1H3,(H2,21,22,23,24,25);2-11H,1H3,(H2,17,18,19,20,21)/b2*8-7+. The molecule has 0 atom stereocenters. The fraction of sp³-hybridized carbons (Fsp3) is 0.143. The van der Waals surface area contributed by atoms with Gasteiger partial charge < -0.3 is 21.3 Å². The largest absolute Gasteiger partial charge is 0.353 e. The molecule has 1 aliphatic rings. The number of anilines is 5. The van der Waals surface area contributed by atoms with Crippen LogP contribution in [0.1, 0.15) is 34.2 Å². The Labute approximate surface area is 272 Å². The Hall–Kier alpha value is -6.14. The van der Waals surface area contributed by atoms with E-state index in [2.05, 4.69) is 55.9 Å². The third kappa shape index (κ3) is 8.96. The summed E-state index contributed by atoms with van der Waals surface area (Å²) in [5.41, 5.74) is 10.1. The van der Waals surface area contributed by atoms with E-state index < -0.39 is 0 Å². The molecule has 6 aromatic rings. The number of nitrogens with one attached hydrogen (secondary N) is 4. The maximum atomic E-state index is 5.91. The van der Waals surface area contributed by atoms with Crippen molar-refractivity contribution in [3.8, 4) is 0 Å². The molecular weight excluding hydrogens is 588 g/mol. The fourth-order valence-electron chi connectivity index (χ4n) is 4.67. The van der Waals surface area contributed by atoms with Crippen LogP contribution in [0.15, 0.2) is 91.1 Å². The van der Waals surface area contributed by atoms with Gasteiger partial charge in [0.2, 0.25) is 0 Å². The Morgan fingerprint density at radius 2 is 1.21 bits per heavy atom. The van der Waals surface area contributed by atoms with Crippen LogP contribution in [-0.2, 0) is 0 Å². The van der Waals surface area contributed by atoms with Crippen LogP contribution in [0.4, 0.5) is 29.1 Å². The van der Waals surface area contributed by atoms with E-state index in [0.717, 1.165) is 53.1 Å². The van der Waals surface area contributed by atoms with E-state index in [1.807, 2.05) is 123 Å². The van der Waals surface area contributed by atoms with Crippen molar-refractivity contribution in [1.82, 2.24) is 40.3 Å². The maximum Gasteiger partial charge on any atom is 0.156 e. The number of nitrogens with two attached hydrogens (primary N) is 1. The van der Waals surface area contributed by atoms with E-state index in [0.29, 0.717) is 23.3 Å². The Bertz CT molecular complexity index is 1940. The monoisotopic (exact) mass is 624 g/mol. The summed E-state index contributed by atoms with van der Waals surface area (Å²) in [5, 5.41) is 20.5. The number of aromatic amines is 2. The zero-order valence-corrected chi connectivity index (χ0v) is 26.2. The summed E-state index contributed by atoms with van der Waals surface area (Å²) in [5.74, 6) is 5.04. The lowest BCUT2D eigenvalue weighted by Crippen LogP contribution is -2.56. The minimum atomic E-state index is 0.207. The van der Waals surface area contributed by atoms with Crippen LogP contribution in [0.5, 0.6) is 0 Å². The highest BCUT2D eigenvalue weighted by Crippen LogP contribution is 2.23. The van der Waals surface area contributed by atoms with E-state index in [9.17, 15) is 0 Å². The highest BCUT2D eigenvalue weighted by molar-refractivity contribution is 5.69. The number of hydrogen-bond acceptors (Lipinski definition) is 10. The summed E-state index contributed by atoms with van der Waals surface area (Å²) in [6.45, 7) is 5.52. The van der Waals surface area contributed by atoms with E-state index in [4.69, 9.17) is 5.73 Å². The van der Waals surface area contributed by atoms with Gasteiger partial charge in [0, 0.05) is 54.9 Å². The van der Waals surface area contributed by atoms with Crippen molar-refractivity contribution in [1.29, 1.82) is 0 Å². The molecule has 1 saturated heterocycles. The van der Waals surface area contributed by atoms with Gasteiger partial charge in [-0.05, 0) is 43.2 Å². The molecule has 0 amide bonds. The van der Waals surface area contributed by atoms with Crippen molar-refractivity contribution >= 4 is 53.4 Å². The third-order valence-electron chi connectivity index (χ3n) is 7.01. The second-order valence-corrected chi connectivity index (χ2v) is 11.0. The van der Waals surface area contributed by atoms with Gasteiger partial charge >= 0.3 is 0 Å². The lowest BCUT2D eigenvalue weighted by atomic mass is 10.1. The van der Waals surface area contributed by atoms with Gasteiger partial charge in [-0.1, -0.05) is 72.8 Å². The number of H-pyrrole nitrogens is 2. The molecule has 12 heteroatoms. The first-order valence-electron chi connectivity index (χ1n) is 15.2. The highest BCUT2D eigenvalue weighted by Gasteiger charge is 2.25. The molecule has 4 aromatic heterocycles. The van der Waals surface area contributed by atoms with E-state index in [-0.39, 0.29) is 6.04 Å². The number of aryl methyl sites for hydroxylation is 2. The predicted molar refractivity (Wildman–Crippen MR) is 188 cm³/mol. The van der Waals surface area contributed by atoms with Crippen LogP contribution in [-0.4, -0.2) is 59.5 Å². The lowest BCUT2D eigenvalue weighted by molar-refractivity contribution is 0.514. The van der Waals surface area contributed by atoms with Gasteiger partial charge in [0.1, 0.15) is 17.5 Å². The van der Waals surface area contributed by atoms with Crippen LogP contribution in [0, 0.1) is 13.8 Å². The smallest absolute Gasteiger partial charge is 0.156 e. The molecule has 2 aromatic carbocycles. The van der Waals surface area contributed by atoms with Crippen LogP contribution in [0.2, 0.25) is 0 Å². The van der Waals surface area contributed by atoms with Crippen LogP contribution in [0.25, 0.3) is 24.3 Å². The third-order valence-corrected chi connectivity index (χ3v) is 7.01. The number of rotatable bonds is 9. The first-order valence-corrected chi connectivity index (χ1v) is 15.2. The Kier molecular flexibility index (Phi) is 9.69. The minimum Gasteiger partial charge on any atom is -0.353 e. The Morgan fingerprint density at radius 3 is 1.77 bits per heavy atom. The Balaban J connectivity index is 0.000000168. The van der Waals surface area contributed by atoms with Gasteiger partial charge in [-0.3, -0.25) is 10.2 Å². The molecule has 0 spiro atoms. The van der Waals surface area contributed by atoms with Crippen LogP contribution in [0.3, 0.4) is 0 Å². The molecule has 0 unspecified atom stereocenters. The average molecular weight is 625 g/mol. The predicted octanol–water partition coefficient (Wildman–Crippen LogP) is 5.99. The summed E-state index contributed by atoms with van der Waals surface area (Å²) in [7, 11) is 0. The molecule has 0 aliphatic carbocycles. The molecule has 0 saturated carbocycles. The summed E-state index contributed by atoms with van der Waals surface area (Å²) in [4.78, 5) is 20.1. The summed E-state index contributed by atoms with van der Waals surface area (Å²) >= 11 is 0. The maximum absolute atomic E-state index is 5.91. The second kappa shape index (κ2) is 14.8. The van der Waals surface area contributed by atoms with Crippen molar-refractivity contribution in [2.45, 2.75) is 19.9 Å². The number of aromatic nitrogens is 8. The molecule has 1 aliphatic heterocycles. The van der Waals surface area contributed by atoms with Gasteiger partial charge in [-0.15, -0.1) is 0 Å². The molecular formula is C35H36N12. The van der Waals surface area contributed by atoms with Gasteiger partial charge in [-0.2, -0.15) is 10.2 Å². The number of nitrogens with zero attached hydrogens (tertiary/aromatic N) is 7. The van der Waals surface area contributed by atoms with Gasteiger partial charge in [0.15, 0.2) is 23.3 Å². The molecule has 0 bridgehead atoms. The zero-order chi connectivity index (χ0) is 32.4. The van der Waals surface area contributed by atoms with Crippen molar-refractivity contribution in [3.63, 3.8) is 0 Å². The van der Waals surface area contributed by atoms with Crippen molar-refractivity contribution in [3.05, 3.63) is 125 Å². The summed E-state index contributed by atoms with van der Waals surface area (Å²) in [6.07, 6.45) is 9.51. The Morgan fingerprint density at radius 1 is 0.660 bits per heavy atom. The quantitative estimate of drug-likeness (QED) is 0.129. The topological polar surface area (TPSA) is 162 Å². The minimum absolute atomic E-state index is 0.207. The van der Waals surface area contributed by atoms with E-state index in [1.54, 1.807) is 6.20 Å². The summed E-state index contributed by atoms with van der Waals surface area (Å²) in [6, 6.07) is 27.9. The molecule has 5 heterocycles. The molecule has 47 heavy (non-hydrogen) atoms. The van der Waals surface area contributed by atoms with Crippen molar-refractivity contribution < 1.29 is 0 Å². The second-order valence-electron chi connectivity index (χ2n) is 11.0. The van der Waals surface area contributed by atoms with Crippen LogP contribution >= 0.6 is 0 Å². The lowest BCUT2D eigenvalue weighted by Gasteiger charge is -2.37. The number of benzene rings is 2. The van der Waals surface area contributed by atoms with Crippen molar-refractivity contribution in [2.24, 2.45) is 5.73 Å². The molecule has 12 nitrogen and oxygen atoms in total. The number of hydrogen-bond donors (Lipinski definition) is 5. The van der Waals surface area contributed by atoms with E-state index >= 15 is 0 Å². The van der Waals surface area contributed by atoms with Crippen molar-refractivity contribution in [2.75, 3.05) is 28.6 Å². The van der Waals surface area contributed by atoms with E-state index in [1.165, 1.54) is 0 Å². The van der Waals surface area contributed by atoms with Gasteiger partial charge in [0.25, 0.3) is 0 Å². The molecule has 7 rings (SSSR count). The van der Waals surface area contributed by atoms with Crippen LogP contribution < -0.4 is 21.3 Å². The first kappa shape index (κ1) is 30.9.